The van der Waals surface area contributed by atoms with Gasteiger partial charge in [-0.1, -0.05) is 26.0 Å². The first-order valence-corrected chi connectivity index (χ1v) is 3.87. The summed E-state index contributed by atoms with van der Waals surface area (Å²) in [7, 11) is 0. The maximum Gasteiger partial charge on any atom is 0.310 e. The second-order valence-electron chi connectivity index (χ2n) is 2.23. The largest absolute Gasteiger partial charge is 0.481 e. The van der Waals surface area contributed by atoms with Gasteiger partial charge < -0.3 is 10.8 Å². The van der Waals surface area contributed by atoms with Crippen LogP contribution >= 0.6 is 0 Å². The zero-order chi connectivity index (χ0) is 8.85. The van der Waals surface area contributed by atoms with E-state index in [4.69, 9.17) is 10.8 Å². The summed E-state index contributed by atoms with van der Waals surface area (Å²) in [4.78, 5) is 10.2. The predicted molar refractivity (Wildman–Crippen MR) is 44.2 cm³/mol. The van der Waals surface area contributed by atoms with Crippen LogP contribution in [0.25, 0.3) is 0 Å². The molecule has 0 aliphatic heterocycles. The van der Waals surface area contributed by atoms with Gasteiger partial charge in [-0.2, -0.15) is 0 Å². The van der Waals surface area contributed by atoms with Gasteiger partial charge in [0.25, 0.3) is 0 Å². The molecule has 0 aromatic heterocycles. The van der Waals surface area contributed by atoms with Gasteiger partial charge in [0, 0.05) is 6.04 Å². The molecule has 0 bridgehead atoms. The highest BCUT2D eigenvalue weighted by Crippen LogP contribution is 2.15. The lowest BCUT2D eigenvalue weighted by molar-refractivity contribution is -0.140. The molecule has 11 heavy (non-hydrogen) atoms. The van der Waals surface area contributed by atoms with Crippen molar-refractivity contribution in [2.24, 2.45) is 11.7 Å². The van der Waals surface area contributed by atoms with Crippen LogP contribution in [0.3, 0.4) is 0 Å². The molecule has 1 aliphatic carbocycles. The van der Waals surface area contributed by atoms with E-state index in [1.165, 1.54) is 0 Å². The van der Waals surface area contributed by atoms with Crippen molar-refractivity contribution in [3.63, 3.8) is 0 Å². The van der Waals surface area contributed by atoms with E-state index in [2.05, 4.69) is 0 Å². The summed E-state index contributed by atoms with van der Waals surface area (Å²) in [5, 5.41) is 8.42. The number of nitrogens with two attached hydrogens (primary N) is 1. The third-order valence-corrected chi connectivity index (χ3v) is 1.43. The van der Waals surface area contributed by atoms with E-state index in [9.17, 15) is 4.79 Å². The second-order valence-corrected chi connectivity index (χ2v) is 2.23. The molecule has 0 radical (unpaired) electrons. The maximum atomic E-state index is 10.2. The summed E-state index contributed by atoms with van der Waals surface area (Å²) in [5.74, 6) is -1.13. The minimum atomic E-state index is -0.779. The van der Waals surface area contributed by atoms with E-state index in [1.807, 2.05) is 13.8 Å². The van der Waals surface area contributed by atoms with Crippen LogP contribution in [-0.2, 0) is 4.79 Å². The van der Waals surface area contributed by atoms with Crippen molar-refractivity contribution in [2.75, 3.05) is 0 Å². The van der Waals surface area contributed by atoms with Gasteiger partial charge in [0.05, 0.1) is 5.92 Å². The van der Waals surface area contributed by atoms with Gasteiger partial charge in [-0.3, -0.25) is 4.79 Å². The Morgan fingerprint density at radius 3 is 2.27 bits per heavy atom. The normalized spacial score (nSPS) is 27.5. The Labute approximate surface area is 66.9 Å². The van der Waals surface area contributed by atoms with Crippen molar-refractivity contribution in [1.82, 2.24) is 0 Å². The molecule has 0 amide bonds. The molecule has 3 heteroatoms. The fourth-order valence-corrected chi connectivity index (χ4v) is 0.910. The molecule has 3 nitrogen and oxygen atoms in total. The summed E-state index contributed by atoms with van der Waals surface area (Å²) in [6.45, 7) is 4.00. The smallest absolute Gasteiger partial charge is 0.310 e. The molecule has 3 N–H and O–H groups in total. The summed E-state index contributed by atoms with van der Waals surface area (Å²) in [5.41, 5.74) is 5.41. The van der Waals surface area contributed by atoms with Crippen LogP contribution in [0.5, 0.6) is 0 Å². The van der Waals surface area contributed by atoms with Gasteiger partial charge in [-0.05, 0) is 6.42 Å². The number of carboxylic acid groups (broad SMARTS) is 1. The van der Waals surface area contributed by atoms with Crippen molar-refractivity contribution in [1.29, 1.82) is 0 Å². The topological polar surface area (TPSA) is 63.3 Å². The average molecular weight is 157 g/mol. The van der Waals surface area contributed by atoms with Crippen molar-refractivity contribution in [3.8, 4) is 0 Å². The van der Waals surface area contributed by atoms with Crippen LogP contribution in [0.1, 0.15) is 20.3 Å². The van der Waals surface area contributed by atoms with Crippen LogP contribution in [0.4, 0.5) is 0 Å². The zero-order valence-electron chi connectivity index (χ0n) is 6.95. The van der Waals surface area contributed by atoms with Crippen LogP contribution in [-0.4, -0.2) is 17.1 Å². The molecule has 0 spiro atoms. The fraction of sp³-hybridized carbons (Fsp3) is 0.625. The number of hydrogen-bond acceptors (Lipinski definition) is 2. The van der Waals surface area contributed by atoms with Gasteiger partial charge in [0.2, 0.25) is 0 Å². The number of carbonyl (C=O) groups is 1. The lowest BCUT2D eigenvalue weighted by Gasteiger charge is -2.00. The molecule has 0 saturated heterocycles. The molecule has 64 valence electrons. The van der Waals surface area contributed by atoms with E-state index in [0.717, 1.165) is 0 Å². The molecular formula is C8H15NO2. The van der Waals surface area contributed by atoms with Crippen LogP contribution < -0.4 is 5.73 Å². The maximum absolute atomic E-state index is 10.2. The third-order valence-electron chi connectivity index (χ3n) is 1.43. The summed E-state index contributed by atoms with van der Waals surface area (Å²) in [6, 6.07) is -0.0499. The van der Waals surface area contributed by atoms with Gasteiger partial charge >= 0.3 is 5.97 Å². The SMILES string of the molecule is CC.NC1C=CC(C(=O)O)C1. The molecule has 0 heterocycles. The molecular weight excluding hydrogens is 142 g/mol. The van der Waals surface area contributed by atoms with E-state index in [1.54, 1.807) is 12.2 Å². The first kappa shape index (κ1) is 10.2. The number of aliphatic carboxylic acids is 1. The first-order chi connectivity index (χ1) is 5.20. The molecule has 0 saturated carbocycles. The Kier molecular flexibility index (Phi) is 4.54. The number of carboxylic acids is 1. The molecule has 2 atom stereocenters. The summed E-state index contributed by atoms with van der Waals surface area (Å²) >= 11 is 0. The predicted octanol–water partition coefficient (Wildman–Crippen LogP) is 1.00. The van der Waals surface area contributed by atoms with E-state index < -0.39 is 5.97 Å². The average Bonchev–Trinajstić information content (AvgIpc) is 2.40. The second kappa shape index (κ2) is 4.91. The molecule has 0 aromatic carbocycles. The Morgan fingerprint density at radius 1 is 1.55 bits per heavy atom. The van der Waals surface area contributed by atoms with E-state index in [-0.39, 0.29) is 12.0 Å². The Hall–Kier alpha value is -0.830. The van der Waals surface area contributed by atoms with Gasteiger partial charge in [0.1, 0.15) is 0 Å². The standard InChI is InChI=1S/C6H9NO2.C2H6/c7-5-2-1-4(3-5)6(8)9;1-2/h1-2,4-5H,3,7H2,(H,8,9);1-2H3. The fourth-order valence-electron chi connectivity index (χ4n) is 0.910. The highest BCUT2D eigenvalue weighted by atomic mass is 16.4. The third kappa shape index (κ3) is 3.18. The Morgan fingerprint density at radius 2 is 2.09 bits per heavy atom. The minimum absolute atomic E-state index is 0.0499. The number of hydrogen-bond donors (Lipinski definition) is 2. The van der Waals surface area contributed by atoms with Crippen molar-refractivity contribution in [3.05, 3.63) is 12.2 Å². The highest BCUT2D eigenvalue weighted by Gasteiger charge is 2.21. The van der Waals surface area contributed by atoms with Crippen molar-refractivity contribution in [2.45, 2.75) is 26.3 Å². The molecule has 0 aromatic rings. The summed E-state index contributed by atoms with van der Waals surface area (Å²) in [6.07, 6.45) is 3.93. The van der Waals surface area contributed by atoms with Crippen LogP contribution in [0.15, 0.2) is 12.2 Å². The molecule has 0 fully saturated rings. The monoisotopic (exact) mass is 157 g/mol. The van der Waals surface area contributed by atoms with E-state index >= 15 is 0 Å². The van der Waals surface area contributed by atoms with Gasteiger partial charge in [-0.15, -0.1) is 0 Å². The highest BCUT2D eigenvalue weighted by molar-refractivity contribution is 5.72. The van der Waals surface area contributed by atoms with Crippen molar-refractivity contribution < 1.29 is 9.90 Å². The molecule has 1 aliphatic rings. The lowest BCUT2D eigenvalue weighted by atomic mass is 10.1. The zero-order valence-corrected chi connectivity index (χ0v) is 6.95. The van der Waals surface area contributed by atoms with E-state index in [0.29, 0.717) is 6.42 Å². The van der Waals surface area contributed by atoms with Crippen LogP contribution in [0, 0.1) is 5.92 Å². The molecule has 2 unspecified atom stereocenters. The lowest BCUT2D eigenvalue weighted by Crippen LogP contribution is -2.18. The molecule has 1 rings (SSSR count). The Bertz CT molecular complexity index is 154. The van der Waals surface area contributed by atoms with Crippen LogP contribution in [0.2, 0.25) is 0 Å². The van der Waals surface area contributed by atoms with Crippen molar-refractivity contribution >= 4 is 5.97 Å². The van der Waals surface area contributed by atoms with Gasteiger partial charge in [0.15, 0.2) is 0 Å². The first-order valence-electron chi connectivity index (χ1n) is 3.87. The summed E-state index contributed by atoms with van der Waals surface area (Å²) < 4.78 is 0. The quantitative estimate of drug-likeness (QED) is 0.558. The number of rotatable bonds is 1. The minimum Gasteiger partial charge on any atom is -0.481 e. The van der Waals surface area contributed by atoms with Gasteiger partial charge in [-0.25, -0.2) is 0 Å². The Balaban J connectivity index is 0.000000461.